The first kappa shape index (κ1) is 118. The van der Waals surface area contributed by atoms with Gasteiger partial charge in [-0.15, -0.1) is 77.1 Å². The van der Waals surface area contributed by atoms with E-state index in [1.165, 1.54) is 100 Å². The predicted octanol–water partition coefficient (Wildman–Crippen LogP) is 32.8. The van der Waals surface area contributed by atoms with Crippen molar-refractivity contribution in [3.8, 4) is 0 Å². The van der Waals surface area contributed by atoms with Crippen molar-refractivity contribution in [1.29, 1.82) is 0 Å². The Labute approximate surface area is 805 Å². The van der Waals surface area contributed by atoms with E-state index in [4.69, 9.17) is 13.3 Å². The lowest BCUT2D eigenvalue weighted by Gasteiger charge is -2.15. The SMILES string of the molecule is CC(C)(C)c1ccco1.CC(C)(C)c1cccs1.CC(C)(C)c1ccns1.CC(C)(C)c1ccoc1.CC(C)(C)c1ccsc1.CC(C)(C)c1ccsn1.CC(C)(C)c1cncs1.CC(C)(C)c1cnsc1.CC(C)(C)c1cscn1.CC(C)(C)c1nccs1.CC(C)(C)c1ncns1.CC(C)(C)c1ncsn1.CC(C)(C)c1nnco1.CC(C)(C)c1nncs1. The van der Waals surface area contributed by atoms with Gasteiger partial charge < -0.3 is 13.3 Å². The molecule has 0 amide bonds. The van der Waals surface area contributed by atoms with Crippen LogP contribution < -0.4 is 0 Å². The van der Waals surface area contributed by atoms with Crippen LogP contribution in [0.5, 0.6) is 0 Å². The zero-order valence-electron chi connectivity index (χ0n) is 84.1. The monoisotopic (exact) mass is 1930 g/mol. The van der Waals surface area contributed by atoms with Crippen molar-refractivity contribution in [2.75, 3.05) is 0 Å². The highest BCUT2D eigenvalue weighted by atomic mass is 32.1. The molecule has 14 aromatic heterocycles. The molecule has 0 aliphatic carbocycles. The summed E-state index contributed by atoms with van der Waals surface area (Å²) in [6.07, 6.45) is 15.7. The number of thiophene rings is 2. The molecular formula is C98H154N14O3S11. The highest BCUT2D eigenvalue weighted by Crippen LogP contribution is 2.32. The van der Waals surface area contributed by atoms with Gasteiger partial charge in [-0.25, -0.2) is 28.7 Å². The lowest BCUT2D eigenvalue weighted by Crippen LogP contribution is -2.12. The average molecular weight is 1930 g/mol. The molecule has 0 aliphatic rings. The Morgan fingerprint density at radius 3 is 1.14 bits per heavy atom. The van der Waals surface area contributed by atoms with E-state index < -0.39 is 0 Å². The van der Waals surface area contributed by atoms with Crippen LogP contribution in [0.25, 0.3) is 0 Å². The van der Waals surface area contributed by atoms with Crippen LogP contribution in [-0.2, 0) is 75.8 Å². The normalized spacial score (nSPS) is 11.9. The fourth-order valence-electron chi connectivity index (χ4n) is 8.34. The van der Waals surface area contributed by atoms with Crippen LogP contribution in [0.4, 0.5) is 0 Å². The second kappa shape index (κ2) is 53.2. The molecule has 14 rings (SSSR count). The number of rotatable bonds is 0. The molecule has 0 atom stereocenters. The van der Waals surface area contributed by atoms with Gasteiger partial charge in [-0.3, -0.25) is 4.98 Å². The van der Waals surface area contributed by atoms with Crippen LogP contribution in [-0.4, -0.2) is 67.2 Å². The minimum absolute atomic E-state index is 0.0174. The Morgan fingerprint density at radius 1 is 0.310 bits per heavy atom. The summed E-state index contributed by atoms with van der Waals surface area (Å²) in [5, 5.41) is 33.1. The molecule has 0 bridgehead atoms. The smallest absolute Gasteiger partial charge is 0.221 e. The van der Waals surface area contributed by atoms with Crippen molar-refractivity contribution in [3.05, 3.63) is 240 Å². The molecule has 0 radical (unpaired) electrons. The summed E-state index contributed by atoms with van der Waals surface area (Å²) in [4.78, 5) is 24.8. The van der Waals surface area contributed by atoms with Crippen LogP contribution in [0.2, 0.25) is 0 Å². The summed E-state index contributed by atoms with van der Waals surface area (Å²) in [6, 6.07) is 16.5. The molecule has 0 saturated heterocycles. The summed E-state index contributed by atoms with van der Waals surface area (Å²) >= 11 is 17.8. The van der Waals surface area contributed by atoms with Crippen LogP contribution in [0, 0.1) is 0 Å². The van der Waals surface area contributed by atoms with E-state index in [0.717, 1.165) is 21.6 Å². The van der Waals surface area contributed by atoms with E-state index in [1.54, 1.807) is 104 Å². The Morgan fingerprint density at radius 2 is 0.921 bits per heavy atom. The van der Waals surface area contributed by atoms with Gasteiger partial charge in [0.1, 0.15) is 38.9 Å². The van der Waals surface area contributed by atoms with Crippen molar-refractivity contribution >= 4 is 126 Å². The molecule has 0 spiro atoms. The molecule has 14 heterocycles. The van der Waals surface area contributed by atoms with E-state index in [9.17, 15) is 0 Å². The first-order chi connectivity index (χ1) is 57.5. The second-order valence-corrected chi connectivity index (χ2v) is 52.3. The standard InChI is InChI=1S/2C8H12O.2C8H12S.6C7H11NS.C6H10N2O.3C6H10N2S/c1-8(2,3)7-4-5-9-6-7;1-8(2,3)7-5-4-6-9-7;1-8(2,3)7-4-5-9-6-7;1-8(2,3)7-5-4-6-9-7;1-7(2,3)6-4-9-5-8-6;1-7(2,3)6-4-8-5-9-6;1-7(2,3)6-4-8-9-5-6;1-7(2,3)6-8-4-5-9-6;1-7(2,3)6-4-5-9-8-6;1-7(2,3)6-4-5-8-9-6;2*1-6(2,3)5-8-7-4-9-5;1-6(2,3)5-7-4-9-8-5;1-6(2,3)5-7-4-8-9-5/h4*4-6H,1-3H3;6*4-5H,1-3H3;4*4H,1-3H3. The van der Waals surface area contributed by atoms with Crippen LogP contribution in [0.3, 0.4) is 0 Å². The lowest BCUT2D eigenvalue weighted by atomic mass is 9.89. The average Bonchev–Trinajstić information content (AvgIpc) is 1.87. The van der Waals surface area contributed by atoms with Gasteiger partial charge in [-0.1, -0.05) is 297 Å². The van der Waals surface area contributed by atoms with E-state index >= 15 is 0 Å². The van der Waals surface area contributed by atoms with Gasteiger partial charge >= 0.3 is 0 Å². The Bertz CT molecular complexity index is 3590. The number of hydrogen-bond acceptors (Lipinski definition) is 28. The Hall–Kier alpha value is -6.44. The maximum atomic E-state index is 5.20. The second-order valence-electron chi connectivity index (χ2n) is 43.7. The number of hydrogen-bond donors (Lipinski definition) is 0. The summed E-state index contributed by atoms with van der Waals surface area (Å²) < 4.78 is 35.4. The third kappa shape index (κ3) is 51.8. The third-order valence-electron chi connectivity index (χ3n) is 16.5. The van der Waals surface area contributed by atoms with E-state index in [1.807, 2.05) is 96.9 Å². The summed E-state index contributed by atoms with van der Waals surface area (Å²) in [5.74, 6) is 2.66. The molecule has 0 aromatic carbocycles. The Balaban J connectivity index is 0.000000678. The molecule has 126 heavy (non-hydrogen) atoms. The van der Waals surface area contributed by atoms with E-state index in [2.05, 4.69) is 394 Å². The number of furan rings is 2. The number of nitrogens with zero attached hydrogens (tertiary/aromatic N) is 14. The van der Waals surface area contributed by atoms with Crippen molar-refractivity contribution < 1.29 is 13.3 Å². The molecule has 0 N–H and O–H groups in total. The fraction of sp³-hybridized carbons (Fsp3) is 0.571. The molecular weight excluding hydrogens is 1770 g/mol. The Kier molecular flexibility index (Phi) is 49.6. The van der Waals surface area contributed by atoms with Gasteiger partial charge in [0.15, 0.2) is 0 Å². The van der Waals surface area contributed by atoms with Gasteiger partial charge in [0.25, 0.3) is 0 Å². The molecule has 0 unspecified atom stereocenters. The molecule has 700 valence electrons. The van der Waals surface area contributed by atoms with E-state index in [-0.39, 0.29) is 65.0 Å². The zero-order chi connectivity index (χ0) is 96.7. The van der Waals surface area contributed by atoms with Crippen LogP contribution in [0.15, 0.2) is 178 Å². The molecule has 28 heteroatoms. The van der Waals surface area contributed by atoms with Crippen LogP contribution >= 0.6 is 126 Å². The highest BCUT2D eigenvalue weighted by Gasteiger charge is 2.24. The summed E-state index contributed by atoms with van der Waals surface area (Å²) in [5.41, 5.74) is 16.7. The number of aromatic nitrogens is 14. The highest BCUT2D eigenvalue weighted by molar-refractivity contribution is 7.11. The van der Waals surface area contributed by atoms with Crippen molar-refractivity contribution in [2.45, 2.75) is 367 Å². The quantitative estimate of drug-likeness (QED) is 0.138. The van der Waals surface area contributed by atoms with Gasteiger partial charge in [-0.2, -0.15) is 24.5 Å². The fourth-order valence-corrected chi connectivity index (χ4v) is 16.2. The first-order valence-corrected chi connectivity index (χ1v) is 51.5. The predicted molar refractivity (Wildman–Crippen MR) is 555 cm³/mol. The zero-order valence-corrected chi connectivity index (χ0v) is 93.1. The maximum absolute atomic E-state index is 5.20. The summed E-state index contributed by atoms with van der Waals surface area (Å²) in [6.45, 7) is 90.8. The lowest BCUT2D eigenvalue weighted by molar-refractivity contribution is 0.392. The summed E-state index contributed by atoms with van der Waals surface area (Å²) in [7, 11) is 0. The van der Waals surface area contributed by atoms with Gasteiger partial charge in [0.2, 0.25) is 12.3 Å². The van der Waals surface area contributed by atoms with E-state index in [0.29, 0.717) is 16.7 Å². The minimum atomic E-state index is -0.0174. The van der Waals surface area contributed by atoms with Gasteiger partial charge in [-0.05, 0) is 165 Å². The molecule has 0 saturated carbocycles. The third-order valence-corrected chi connectivity index (χ3v) is 26.4. The van der Waals surface area contributed by atoms with Crippen molar-refractivity contribution in [1.82, 2.24) is 67.2 Å². The molecule has 0 fully saturated rings. The van der Waals surface area contributed by atoms with Crippen molar-refractivity contribution in [3.63, 3.8) is 0 Å². The van der Waals surface area contributed by atoms with Gasteiger partial charge in [0.05, 0.1) is 46.2 Å². The van der Waals surface area contributed by atoms with Crippen LogP contribution in [0.1, 0.15) is 366 Å². The topological polar surface area (TPSA) is 220 Å². The largest absolute Gasteiger partial charge is 0.472 e. The molecule has 0 aliphatic heterocycles. The molecule has 14 aromatic rings. The van der Waals surface area contributed by atoms with Gasteiger partial charge in [0, 0.05) is 104 Å². The maximum Gasteiger partial charge on any atom is 0.221 e. The van der Waals surface area contributed by atoms with Crippen molar-refractivity contribution in [2.24, 2.45) is 0 Å². The molecule has 17 nitrogen and oxygen atoms in total. The first-order valence-electron chi connectivity index (χ1n) is 42.1. The minimum Gasteiger partial charge on any atom is -0.472 e. The number of thiazole rings is 3.